The second-order valence-electron chi connectivity index (χ2n) is 4.79. The van der Waals surface area contributed by atoms with Crippen LogP contribution in [-0.4, -0.2) is 23.5 Å². The molecule has 3 nitrogen and oxygen atoms in total. The van der Waals surface area contributed by atoms with Crippen LogP contribution < -0.4 is 5.73 Å². The minimum atomic E-state index is -1.47. The Kier molecular flexibility index (Phi) is 4.93. The number of halogens is 3. The van der Waals surface area contributed by atoms with Crippen LogP contribution in [0.4, 0.5) is 13.2 Å². The summed E-state index contributed by atoms with van der Waals surface area (Å²) in [6, 6.07) is 7.02. The molecule has 1 aromatic carbocycles. The van der Waals surface area contributed by atoms with Crippen LogP contribution in [-0.2, 0) is 6.54 Å². The number of nitrogens with two attached hydrogens (primary N) is 1. The number of nitrogens with zero attached hydrogens (tertiary/aromatic N) is 2. The number of likely N-dealkylation sites (N-methyl/N-ethyl adjacent to an activating group) is 1. The van der Waals surface area contributed by atoms with E-state index in [-0.39, 0.29) is 6.54 Å². The van der Waals surface area contributed by atoms with Gasteiger partial charge in [-0.2, -0.15) is 0 Å². The molecular formula is C15H16F3N3. The predicted octanol–water partition coefficient (Wildman–Crippen LogP) is 2.63. The number of hydrogen-bond acceptors (Lipinski definition) is 3. The van der Waals surface area contributed by atoms with Crippen molar-refractivity contribution in [1.82, 2.24) is 9.88 Å². The number of hydrogen-bond donors (Lipinski definition) is 1. The molecule has 1 atom stereocenters. The zero-order chi connectivity index (χ0) is 15.4. The van der Waals surface area contributed by atoms with Crippen molar-refractivity contribution in [2.75, 3.05) is 13.6 Å². The van der Waals surface area contributed by atoms with E-state index in [2.05, 4.69) is 4.98 Å². The van der Waals surface area contributed by atoms with E-state index < -0.39 is 23.5 Å². The molecule has 1 heterocycles. The Hall–Kier alpha value is -1.92. The molecule has 0 saturated carbocycles. The summed E-state index contributed by atoms with van der Waals surface area (Å²) in [6.45, 7) is 0.608. The molecule has 0 aliphatic carbocycles. The van der Waals surface area contributed by atoms with E-state index in [4.69, 9.17) is 5.73 Å². The molecule has 0 spiro atoms. The Balaban J connectivity index is 2.23. The van der Waals surface area contributed by atoms with Gasteiger partial charge in [0.2, 0.25) is 0 Å². The third-order valence-corrected chi connectivity index (χ3v) is 3.28. The molecule has 2 N–H and O–H groups in total. The summed E-state index contributed by atoms with van der Waals surface area (Å²) in [7, 11) is 1.77. The maximum Gasteiger partial charge on any atom is 0.194 e. The highest BCUT2D eigenvalue weighted by Gasteiger charge is 2.20. The largest absolute Gasteiger partial charge is 0.329 e. The second kappa shape index (κ2) is 6.69. The zero-order valence-electron chi connectivity index (χ0n) is 11.6. The first-order chi connectivity index (χ1) is 10.0. The molecule has 0 amide bonds. The van der Waals surface area contributed by atoms with E-state index >= 15 is 0 Å². The first-order valence-electron chi connectivity index (χ1n) is 6.47. The molecule has 21 heavy (non-hydrogen) atoms. The van der Waals surface area contributed by atoms with Crippen LogP contribution in [0.2, 0.25) is 0 Å². The Morgan fingerprint density at radius 3 is 2.38 bits per heavy atom. The third-order valence-electron chi connectivity index (χ3n) is 3.28. The molecule has 0 bridgehead atoms. The smallest absolute Gasteiger partial charge is 0.194 e. The van der Waals surface area contributed by atoms with Gasteiger partial charge in [0.15, 0.2) is 17.5 Å². The summed E-state index contributed by atoms with van der Waals surface area (Å²) in [5.74, 6) is -3.90. The Labute approximate surface area is 121 Å². The minimum absolute atomic E-state index is 0.147. The molecule has 0 aliphatic rings. The SMILES string of the molecule is CN(Cc1ccccn1)C(CN)c1cc(F)c(F)c(F)c1. The molecule has 2 aromatic rings. The van der Waals surface area contributed by atoms with Gasteiger partial charge in [-0.25, -0.2) is 13.2 Å². The molecular weight excluding hydrogens is 279 g/mol. The molecule has 0 aliphatic heterocycles. The Bertz CT molecular complexity index is 581. The van der Waals surface area contributed by atoms with Gasteiger partial charge < -0.3 is 5.73 Å². The zero-order valence-corrected chi connectivity index (χ0v) is 11.6. The van der Waals surface area contributed by atoms with Gasteiger partial charge in [0.05, 0.1) is 5.69 Å². The van der Waals surface area contributed by atoms with Gasteiger partial charge in [-0.1, -0.05) is 6.07 Å². The fourth-order valence-corrected chi connectivity index (χ4v) is 2.20. The van der Waals surface area contributed by atoms with Crippen molar-refractivity contribution in [2.45, 2.75) is 12.6 Å². The van der Waals surface area contributed by atoms with Crippen molar-refractivity contribution in [3.05, 3.63) is 65.2 Å². The number of aromatic nitrogens is 1. The molecule has 1 unspecified atom stereocenters. The lowest BCUT2D eigenvalue weighted by Crippen LogP contribution is -2.30. The van der Waals surface area contributed by atoms with Gasteiger partial charge in [-0.3, -0.25) is 9.88 Å². The molecule has 0 saturated heterocycles. The number of pyridine rings is 1. The van der Waals surface area contributed by atoms with E-state index in [9.17, 15) is 13.2 Å². The lowest BCUT2D eigenvalue weighted by molar-refractivity contribution is 0.237. The van der Waals surface area contributed by atoms with E-state index in [1.165, 1.54) is 0 Å². The molecule has 0 fully saturated rings. The van der Waals surface area contributed by atoms with Crippen molar-refractivity contribution in [3.63, 3.8) is 0 Å². The summed E-state index contributed by atoms with van der Waals surface area (Å²) in [5, 5.41) is 0. The predicted molar refractivity (Wildman–Crippen MR) is 73.8 cm³/mol. The fraction of sp³-hybridized carbons (Fsp3) is 0.267. The first-order valence-corrected chi connectivity index (χ1v) is 6.47. The summed E-state index contributed by atoms with van der Waals surface area (Å²) in [4.78, 5) is 6.00. The van der Waals surface area contributed by atoms with E-state index in [0.29, 0.717) is 12.1 Å². The van der Waals surface area contributed by atoms with Crippen LogP contribution >= 0.6 is 0 Å². The van der Waals surface area contributed by atoms with Crippen LogP contribution in [0.1, 0.15) is 17.3 Å². The quantitative estimate of drug-likeness (QED) is 0.862. The summed E-state index contributed by atoms with van der Waals surface area (Å²) < 4.78 is 39.7. The summed E-state index contributed by atoms with van der Waals surface area (Å²) in [6.07, 6.45) is 1.66. The average molecular weight is 295 g/mol. The van der Waals surface area contributed by atoms with Gasteiger partial charge >= 0.3 is 0 Å². The Morgan fingerprint density at radius 1 is 1.19 bits per heavy atom. The van der Waals surface area contributed by atoms with Gasteiger partial charge in [0, 0.05) is 25.3 Å². The van der Waals surface area contributed by atoms with E-state index in [1.807, 2.05) is 17.0 Å². The second-order valence-corrected chi connectivity index (χ2v) is 4.79. The standard InChI is InChI=1S/C15H16F3N3/c1-21(9-11-4-2-3-5-20-11)14(8-19)10-6-12(16)15(18)13(17)7-10/h2-7,14H,8-9,19H2,1H3. The maximum atomic E-state index is 13.3. The fourth-order valence-electron chi connectivity index (χ4n) is 2.20. The first kappa shape index (κ1) is 15.5. The topological polar surface area (TPSA) is 42.2 Å². The lowest BCUT2D eigenvalue weighted by atomic mass is 10.0. The van der Waals surface area contributed by atoms with Gasteiger partial charge in [-0.05, 0) is 36.9 Å². The summed E-state index contributed by atoms with van der Waals surface area (Å²) in [5.41, 5.74) is 6.80. The normalized spacial score (nSPS) is 12.7. The highest BCUT2D eigenvalue weighted by atomic mass is 19.2. The molecule has 112 valence electrons. The monoisotopic (exact) mass is 295 g/mol. The van der Waals surface area contributed by atoms with Gasteiger partial charge in [0.1, 0.15) is 0 Å². The van der Waals surface area contributed by atoms with Gasteiger partial charge in [0.25, 0.3) is 0 Å². The molecule has 2 rings (SSSR count). The average Bonchev–Trinajstić information content (AvgIpc) is 2.46. The van der Waals surface area contributed by atoms with Crippen molar-refractivity contribution in [1.29, 1.82) is 0 Å². The van der Waals surface area contributed by atoms with E-state index in [0.717, 1.165) is 17.8 Å². The minimum Gasteiger partial charge on any atom is -0.329 e. The van der Waals surface area contributed by atoms with Crippen LogP contribution in [0.3, 0.4) is 0 Å². The molecule has 6 heteroatoms. The van der Waals surface area contributed by atoms with Crippen LogP contribution in [0, 0.1) is 17.5 Å². The number of rotatable bonds is 5. The lowest BCUT2D eigenvalue weighted by Gasteiger charge is -2.27. The van der Waals surface area contributed by atoms with Crippen LogP contribution in [0.5, 0.6) is 0 Å². The van der Waals surface area contributed by atoms with Crippen LogP contribution in [0.25, 0.3) is 0 Å². The van der Waals surface area contributed by atoms with Gasteiger partial charge in [-0.15, -0.1) is 0 Å². The van der Waals surface area contributed by atoms with Crippen molar-refractivity contribution in [3.8, 4) is 0 Å². The highest BCUT2D eigenvalue weighted by molar-refractivity contribution is 5.23. The maximum absolute atomic E-state index is 13.3. The Morgan fingerprint density at radius 2 is 1.86 bits per heavy atom. The van der Waals surface area contributed by atoms with Crippen molar-refractivity contribution >= 4 is 0 Å². The van der Waals surface area contributed by atoms with Crippen molar-refractivity contribution in [2.24, 2.45) is 5.73 Å². The summed E-state index contributed by atoms with van der Waals surface area (Å²) >= 11 is 0. The molecule has 1 aromatic heterocycles. The van der Waals surface area contributed by atoms with E-state index in [1.54, 1.807) is 19.3 Å². The van der Waals surface area contributed by atoms with Crippen molar-refractivity contribution < 1.29 is 13.2 Å². The highest BCUT2D eigenvalue weighted by Crippen LogP contribution is 2.23. The molecule has 0 radical (unpaired) electrons. The third kappa shape index (κ3) is 3.59. The van der Waals surface area contributed by atoms with Crippen LogP contribution in [0.15, 0.2) is 36.5 Å². The number of benzene rings is 1.